The first-order chi connectivity index (χ1) is 17.1. The Hall–Kier alpha value is -3.17. The van der Waals surface area contributed by atoms with Crippen molar-refractivity contribution in [2.75, 3.05) is 27.2 Å². The molecule has 4 atom stereocenters. The number of carbonyl (C=O) groups is 3. The highest BCUT2D eigenvalue weighted by Crippen LogP contribution is 2.50. The summed E-state index contributed by atoms with van der Waals surface area (Å²) >= 11 is 0. The Kier molecular flexibility index (Phi) is 6.16. The highest BCUT2D eigenvalue weighted by Gasteiger charge is 2.54. The Morgan fingerprint density at radius 2 is 1.78 bits per heavy atom. The molecule has 3 aliphatic carbocycles. The Labute approximate surface area is 209 Å². The number of nitrogens with zero attached hydrogens (tertiary/aromatic N) is 2. The standard InChI is InChI=1S/C27H33N3O6/c1-29(2)21-16-11-15-10-13-6-7-14(12-30-8-4-3-5-9-30)22(31)17(13)23(32)18(15)24(33)19(16)25(34)20(26(21)35)27(28)36/h6-7,15-16,19,21,31,33,35H,3-5,8-12H2,1-2H3,(H2,28,36)/t15-,16+,19?,21-/m0/s1. The van der Waals surface area contributed by atoms with Crippen molar-refractivity contribution in [3.8, 4) is 5.75 Å². The maximum absolute atomic E-state index is 13.7. The largest absolute Gasteiger partial charge is 0.511 e. The van der Waals surface area contributed by atoms with Crippen molar-refractivity contribution in [1.82, 2.24) is 9.80 Å². The molecular weight excluding hydrogens is 462 g/mol. The molecule has 1 aromatic rings. The molecule has 9 nitrogen and oxygen atoms in total. The number of hydrogen-bond donors (Lipinski definition) is 4. The van der Waals surface area contributed by atoms with Crippen molar-refractivity contribution < 1.29 is 29.7 Å². The fourth-order valence-electron chi connectivity index (χ4n) is 6.77. The molecule has 1 heterocycles. The lowest BCUT2D eigenvalue weighted by molar-refractivity contribution is -0.127. The van der Waals surface area contributed by atoms with Crippen LogP contribution in [0.5, 0.6) is 5.75 Å². The zero-order valence-electron chi connectivity index (χ0n) is 20.7. The summed E-state index contributed by atoms with van der Waals surface area (Å²) in [5.74, 6) is -5.23. The van der Waals surface area contributed by atoms with E-state index >= 15 is 0 Å². The number of rotatable bonds is 4. The third-order valence-corrected chi connectivity index (χ3v) is 8.37. The number of aliphatic hydroxyl groups excluding tert-OH is 2. The number of hydrogen-bond acceptors (Lipinski definition) is 8. The van der Waals surface area contributed by atoms with E-state index < -0.39 is 46.7 Å². The third-order valence-electron chi connectivity index (χ3n) is 8.37. The average molecular weight is 496 g/mol. The summed E-state index contributed by atoms with van der Waals surface area (Å²) in [6.07, 6.45) is 4.18. The SMILES string of the molecule is CN(C)[C@@H]1C(O)=C(C(N)=O)C(=O)C2C(O)=C3C(=O)c4c(ccc(CN5CCCCC5)c4O)C[C@H]3C[C@H]21. The first-order valence-electron chi connectivity index (χ1n) is 12.6. The van der Waals surface area contributed by atoms with Gasteiger partial charge in [-0.3, -0.25) is 24.2 Å². The molecule has 1 saturated heterocycles. The molecule has 5 rings (SSSR count). The number of nitrogens with two attached hydrogens (primary N) is 1. The number of likely N-dealkylation sites (N-methyl/N-ethyl adjacent to an activating group) is 1. The zero-order chi connectivity index (χ0) is 25.9. The summed E-state index contributed by atoms with van der Waals surface area (Å²) in [5, 5.41) is 33.3. The van der Waals surface area contributed by atoms with Crippen LogP contribution in [-0.4, -0.2) is 75.8 Å². The number of Topliss-reactive ketones (excluding diaryl/α,β-unsaturated/α-hetero) is 2. The van der Waals surface area contributed by atoms with Gasteiger partial charge in [-0.25, -0.2) is 0 Å². The zero-order valence-corrected chi connectivity index (χ0v) is 20.7. The number of phenolic OH excluding ortho intramolecular Hbond substituents is 1. The molecule has 0 bridgehead atoms. The number of benzene rings is 1. The molecule has 0 spiro atoms. The maximum Gasteiger partial charge on any atom is 0.255 e. The molecule has 192 valence electrons. The highest BCUT2D eigenvalue weighted by molar-refractivity contribution is 6.22. The molecule has 0 radical (unpaired) electrons. The molecule has 5 N–H and O–H groups in total. The predicted molar refractivity (Wildman–Crippen MR) is 131 cm³/mol. The van der Waals surface area contributed by atoms with Gasteiger partial charge in [-0.1, -0.05) is 18.6 Å². The van der Waals surface area contributed by atoms with E-state index in [1.165, 1.54) is 6.42 Å². The topological polar surface area (TPSA) is 144 Å². The van der Waals surface area contributed by atoms with Crippen molar-refractivity contribution in [3.05, 3.63) is 51.5 Å². The van der Waals surface area contributed by atoms with Gasteiger partial charge < -0.3 is 21.1 Å². The molecule has 1 amide bonds. The Morgan fingerprint density at radius 3 is 2.42 bits per heavy atom. The number of ketones is 2. The number of piperidine rings is 1. The van der Waals surface area contributed by atoms with Crippen molar-refractivity contribution in [2.45, 2.75) is 44.7 Å². The van der Waals surface area contributed by atoms with Crippen LogP contribution < -0.4 is 5.73 Å². The van der Waals surface area contributed by atoms with Gasteiger partial charge in [0, 0.05) is 17.7 Å². The minimum atomic E-state index is -1.16. The molecular formula is C27H33N3O6. The normalized spacial score (nSPS) is 28.8. The average Bonchev–Trinajstić information content (AvgIpc) is 2.80. The van der Waals surface area contributed by atoms with Gasteiger partial charge in [0.2, 0.25) is 0 Å². The van der Waals surface area contributed by atoms with Crippen molar-refractivity contribution in [1.29, 1.82) is 0 Å². The van der Waals surface area contributed by atoms with Gasteiger partial charge in [0.1, 0.15) is 22.8 Å². The van der Waals surface area contributed by atoms with E-state index in [-0.39, 0.29) is 28.6 Å². The predicted octanol–water partition coefficient (Wildman–Crippen LogP) is 1.99. The van der Waals surface area contributed by atoms with Gasteiger partial charge in [-0.05, 0) is 70.3 Å². The first kappa shape index (κ1) is 24.5. The second-order valence-electron chi connectivity index (χ2n) is 10.7. The van der Waals surface area contributed by atoms with Crippen LogP contribution >= 0.6 is 0 Å². The number of phenols is 1. The van der Waals surface area contributed by atoms with E-state index in [0.29, 0.717) is 30.5 Å². The Bertz CT molecular complexity index is 1210. The number of likely N-dealkylation sites (tertiary alicyclic amines) is 1. The molecule has 1 fully saturated rings. The van der Waals surface area contributed by atoms with Crippen LogP contribution in [0.2, 0.25) is 0 Å². The summed E-state index contributed by atoms with van der Waals surface area (Å²) in [5.41, 5.74) is 6.56. The Balaban J connectivity index is 1.56. The number of amides is 1. The van der Waals surface area contributed by atoms with Gasteiger partial charge in [0.25, 0.3) is 5.91 Å². The number of aromatic hydroxyl groups is 1. The number of aliphatic hydroxyl groups is 2. The lowest BCUT2D eigenvalue weighted by atomic mass is 9.61. The van der Waals surface area contributed by atoms with Crippen molar-refractivity contribution >= 4 is 17.5 Å². The summed E-state index contributed by atoms with van der Waals surface area (Å²) in [6, 6.07) is 3.04. The van der Waals surface area contributed by atoms with E-state index in [1.807, 2.05) is 12.1 Å². The minimum Gasteiger partial charge on any atom is -0.511 e. The van der Waals surface area contributed by atoms with Crippen LogP contribution in [0.3, 0.4) is 0 Å². The molecule has 0 saturated carbocycles. The molecule has 36 heavy (non-hydrogen) atoms. The first-order valence-corrected chi connectivity index (χ1v) is 12.6. The van der Waals surface area contributed by atoms with Crippen LogP contribution in [0.15, 0.2) is 34.8 Å². The summed E-state index contributed by atoms with van der Waals surface area (Å²) in [7, 11) is 3.43. The Morgan fingerprint density at radius 1 is 1.08 bits per heavy atom. The van der Waals surface area contributed by atoms with Crippen LogP contribution in [0, 0.1) is 17.8 Å². The van der Waals surface area contributed by atoms with E-state index in [2.05, 4.69) is 4.90 Å². The van der Waals surface area contributed by atoms with Crippen LogP contribution in [-0.2, 0) is 22.6 Å². The second kappa shape index (κ2) is 9.05. The molecule has 0 aromatic heterocycles. The van der Waals surface area contributed by atoms with Gasteiger partial charge in [-0.2, -0.15) is 0 Å². The quantitative estimate of drug-likeness (QED) is 0.464. The van der Waals surface area contributed by atoms with E-state index in [4.69, 9.17) is 5.73 Å². The molecule has 4 aliphatic rings. The van der Waals surface area contributed by atoms with Crippen LogP contribution in [0.25, 0.3) is 0 Å². The highest BCUT2D eigenvalue weighted by atomic mass is 16.3. The minimum absolute atomic E-state index is 0.0690. The molecule has 1 aromatic carbocycles. The molecule has 1 aliphatic heterocycles. The second-order valence-corrected chi connectivity index (χ2v) is 10.7. The third kappa shape index (κ3) is 3.72. The monoisotopic (exact) mass is 495 g/mol. The number of allylic oxidation sites excluding steroid dienone is 2. The fourth-order valence-corrected chi connectivity index (χ4v) is 6.77. The van der Waals surface area contributed by atoms with Crippen molar-refractivity contribution in [3.63, 3.8) is 0 Å². The van der Waals surface area contributed by atoms with E-state index in [9.17, 15) is 29.7 Å². The van der Waals surface area contributed by atoms with Gasteiger partial charge in [0.15, 0.2) is 11.6 Å². The van der Waals surface area contributed by atoms with Crippen LogP contribution in [0.1, 0.15) is 47.2 Å². The fraction of sp³-hybridized carbons (Fsp3) is 0.519. The lowest BCUT2D eigenvalue weighted by Crippen LogP contribution is -2.53. The summed E-state index contributed by atoms with van der Waals surface area (Å²) in [4.78, 5) is 43.0. The maximum atomic E-state index is 13.7. The van der Waals surface area contributed by atoms with E-state index in [1.54, 1.807) is 19.0 Å². The smallest absolute Gasteiger partial charge is 0.255 e. The number of carbonyl (C=O) groups excluding carboxylic acids is 3. The molecule has 9 heteroatoms. The number of fused-ring (bicyclic) bond motifs is 3. The van der Waals surface area contributed by atoms with Crippen LogP contribution in [0.4, 0.5) is 0 Å². The van der Waals surface area contributed by atoms with Gasteiger partial charge >= 0.3 is 0 Å². The lowest BCUT2D eigenvalue weighted by Gasteiger charge is -2.46. The summed E-state index contributed by atoms with van der Waals surface area (Å²) < 4.78 is 0. The summed E-state index contributed by atoms with van der Waals surface area (Å²) in [6.45, 7) is 2.43. The van der Waals surface area contributed by atoms with Gasteiger partial charge in [0.05, 0.1) is 17.5 Å². The van der Waals surface area contributed by atoms with Gasteiger partial charge in [-0.15, -0.1) is 0 Å². The number of primary amides is 1. The van der Waals surface area contributed by atoms with E-state index in [0.717, 1.165) is 25.9 Å². The van der Waals surface area contributed by atoms with Crippen molar-refractivity contribution in [2.24, 2.45) is 23.5 Å². The molecule has 1 unspecified atom stereocenters.